The van der Waals surface area contributed by atoms with E-state index in [1.165, 1.54) is 0 Å². The Labute approximate surface area is 103 Å². The van der Waals surface area contributed by atoms with Crippen LogP contribution in [0.4, 0.5) is 0 Å². The normalized spacial score (nSPS) is 33.5. The fourth-order valence-corrected chi connectivity index (χ4v) is 3.27. The lowest BCUT2D eigenvalue weighted by atomic mass is 10.1. The predicted molar refractivity (Wildman–Crippen MR) is 64.9 cm³/mol. The summed E-state index contributed by atoms with van der Waals surface area (Å²) in [6.45, 7) is 3.37. The third-order valence-corrected chi connectivity index (χ3v) is 4.30. The number of likely N-dealkylation sites (tertiary alicyclic amines) is 1. The molecule has 1 saturated heterocycles. The van der Waals surface area contributed by atoms with Crippen LogP contribution in [0.25, 0.3) is 0 Å². The van der Waals surface area contributed by atoms with Crippen molar-refractivity contribution in [1.29, 1.82) is 0 Å². The standard InChI is InChI=1S/C11H20N2O3S/c1-8-6-10(8)11(14)13-5-3-4-9(7-13)12-17(2,15)16/h8-10,12H,3-7H2,1-2H3/t8-,9+,10-/m1/s1. The van der Waals surface area contributed by atoms with Crippen LogP contribution in [0.3, 0.4) is 0 Å². The maximum Gasteiger partial charge on any atom is 0.226 e. The van der Waals surface area contributed by atoms with E-state index in [4.69, 9.17) is 0 Å². The van der Waals surface area contributed by atoms with E-state index >= 15 is 0 Å². The Kier molecular flexibility index (Phi) is 3.45. The lowest BCUT2D eigenvalue weighted by Crippen LogP contribution is -2.49. The number of nitrogens with zero attached hydrogens (tertiary/aromatic N) is 1. The van der Waals surface area contributed by atoms with Gasteiger partial charge in [0.25, 0.3) is 0 Å². The summed E-state index contributed by atoms with van der Waals surface area (Å²) in [4.78, 5) is 13.9. The molecule has 0 aromatic rings. The molecular formula is C11H20N2O3S. The minimum absolute atomic E-state index is 0.114. The molecule has 6 heteroatoms. The minimum atomic E-state index is -3.18. The molecule has 2 aliphatic rings. The van der Waals surface area contributed by atoms with Gasteiger partial charge < -0.3 is 4.90 Å². The summed E-state index contributed by atoms with van der Waals surface area (Å²) in [5.74, 6) is 0.898. The smallest absolute Gasteiger partial charge is 0.226 e. The number of hydrogen-bond donors (Lipinski definition) is 1. The van der Waals surface area contributed by atoms with Gasteiger partial charge in [0.1, 0.15) is 0 Å². The van der Waals surface area contributed by atoms with Crippen LogP contribution in [0, 0.1) is 11.8 Å². The van der Waals surface area contributed by atoms with Crippen LogP contribution < -0.4 is 4.72 Å². The minimum Gasteiger partial charge on any atom is -0.341 e. The monoisotopic (exact) mass is 260 g/mol. The molecule has 5 nitrogen and oxygen atoms in total. The van der Waals surface area contributed by atoms with Gasteiger partial charge in [0, 0.05) is 25.0 Å². The highest BCUT2D eigenvalue weighted by Gasteiger charge is 2.42. The Balaban J connectivity index is 1.90. The first-order chi connectivity index (χ1) is 7.87. The zero-order valence-corrected chi connectivity index (χ0v) is 11.2. The maximum atomic E-state index is 12.0. The van der Waals surface area contributed by atoms with Crippen LogP contribution in [-0.2, 0) is 14.8 Å². The molecule has 17 heavy (non-hydrogen) atoms. The van der Waals surface area contributed by atoms with E-state index in [-0.39, 0.29) is 17.9 Å². The molecule has 1 aliphatic heterocycles. The van der Waals surface area contributed by atoms with Crippen molar-refractivity contribution < 1.29 is 13.2 Å². The van der Waals surface area contributed by atoms with Crippen molar-refractivity contribution in [3.05, 3.63) is 0 Å². The molecule has 0 aromatic carbocycles. The third kappa shape index (κ3) is 3.42. The highest BCUT2D eigenvalue weighted by atomic mass is 32.2. The summed E-state index contributed by atoms with van der Waals surface area (Å²) in [6, 6.07) is -0.114. The topological polar surface area (TPSA) is 66.5 Å². The van der Waals surface area contributed by atoms with Gasteiger partial charge in [0.2, 0.25) is 15.9 Å². The average Bonchev–Trinajstić information content (AvgIpc) is 2.92. The maximum absolute atomic E-state index is 12.0. The molecule has 0 unspecified atom stereocenters. The Morgan fingerprint density at radius 2 is 2.06 bits per heavy atom. The predicted octanol–water partition coefficient (Wildman–Crippen LogP) is 0.183. The molecule has 0 bridgehead atoms. The Bertz CT molecular complexity index is 407. The molecule has 0 aromatic heterocycles. The summed E-state index contributed by atoms with van der Waals surface area (Å²) < 4.78 is 24.9. The summed E-state index contributed by atoms with van der Waals surface area (Å²) in [6.07, 6.45) is 3.84. The van der Waals surface area contributed by atoms with Gasteiger partial charge in [-0.2, -0.15) is 0 Å². The van der Waals surface area contributed by atoms with E-state index in [0.717, 1.165) is 32.1 Å². The Morgan fingerprint density at radius 1 is 1.41 bits per heavy atom. The summed E-state index contributed by atoms with van der Waals surface area (Å²) in [5.41, 5.74) is 0. The van der Waals surface area contributed by atoms with Crippen LogP contribution in [0.5, 0.6) is 0 Å². The van der Waals surface area contributed by atoms with Gasteiger partial charge in [0.15, 0.2) is 0 Å². The second-order valence-corrected chi connectivity index (χ2v) is 7.11. The molecule has 3 atom stereocenters. The van der Waals surface area contributed by atoms with E-state index < -0.39 is 10.0 Å². The fraction of sp³-hybridized carbons (Fsp3) is 0.909. The second kappa shape index (κ2) is 4.57. The Morgan fingerprint density at radius 3 is 2.59 bits per heavy atom. The van der Waals surface area contributed by atoms with Gasteiger partial charge in [-0.25, -0.2) is 13.1 Å². The molecule has 2 rings (SSSR count). The van der Waals surface area contributed by atoms with Crippen LogP contribution in [0.2, 0.25) is 0 Å². The third-order valence-electron chi connectivity index (χ3n) is 3.54. The number of rotatable bonds is 3. The number of nitrogens with one attached hydrogen (secondary N) is 1. The van der Waals surface area contributed by atoms with Crippen molar-refractivity contribution in [2.75, 3.05) is 19.3 Å². The number of carbonyl (C=O) groups excluding carboxylic acids is 1. The van der Waals surface area contributed by atoms with Gasteiger partial charge in [-0.05, 0) is 25.2 Å². The van der Waals surface area contributed by atoms with E-state index in [9.17, 15) is 13.2 Å². The summed E-state index contributed by atoms with van der Waals surface area (Å²) in [5, 5.41) is 0. The number of piperidine rings is 1. The van der Waals surface area contributed by atoms with Gasteiger partial charge in [-0.15, -0.1) is 0 Å². The van der Waals surface area contributed by atoms with Crippen LogP contribution in [0.1, 0.15) is 26.2 Å². The first-order valence-corrected chi connectivity index (χ1v) is 8.02. The highest BCUT2D eigenvalue weighted by Crippen LogP contribution is 2.39. The second-order valence-electron chi connectivity index (χ2n) is 5.33. The van der Waals surface area contributed by atoms with E-state index in [0.29, 0.717) is 12.5 Å². The van der Waals surface area contributed by atoms with Crippen molar-refractivity contribution in [2.24, 2.45) is 11.8 Å². The number of sulfonamides is 1. The lowest BCUT2D eigenvalue weighted by Gasteiger charge is -2.33. The van der Waals surface area contributed by atoms with Crippen LogP contribution in [0.15, 0.2) is 0 Å². The Hall–Kier alpha value is -0.620. The molecule has 2 fully saturated rings. The van der Waals surface area contributed by atoms with Gasteiger partial charge in [0.05, 0.1) is 6.26 Å². The molecule has 98 valence electrons. The molecule has 1 N–H and O–H groups in total. The molecule has 1 saturated carbocycles. The molecule has 1 aliphatic carbocycles. The summed E-state index contributed by atoms with van der Waals surface area (Å²) >= 11 is 0. The van der Waals surface area contributed by atoms with Crippen LogP contribution in [-0.4, -0.2) is 44.6 Å². The van der Waals surface area contributed by atoms with Crippen molar-refractivity contribution >= 4 is 15.9 Å². The van der Waals surface area contributed by atoms with Gasteiger partial charge >= 0.3 is 0 Å². The quantitative estimate of drug-likeness (QED) is 0.787. The van der Waals surface area contributed by atoms with Gasteiger partial charge in [-0.3, -0.25) is 4.79 Å². The number of amides is 1. The first-order valence-electron chi connectivity index (χ1n) is 6.13. The zero-order chi connectivity index (χ0) is 12.6. The van der Waals surface area contributed by atoms with Crippen molar-refractivity contribution in [2.45, 2.75) is 32.2 Å². The van der Waals surface area contributed by atoms with E-state index in [2.05, 4.69) is 11.6 Å². The number of hydrogen-bond acceptors (Lipinski definition) is 3. The molecule has 0 spiro atoms. The number of carbonyl (C=O) groups is 1. The molecular weight excluding hydrogens is 240 g/mol. The van der Waals surface area contributed by atoms with E-state index in [1.807, 2.05) is 4.90 Å². The lowest BCUT2D eigenvalue weighted by molar-refractivity contribution is -0.134. The van der Waals surface area contributed by atoms with Crippen LogP contribution >= 0.6 is 0 Å². The van der Waals surface area contributed by atoms with E-state index in [1.54, 1.807) is 0 Å². The molecule has 0 radical (unpaired) electrons. The average molecular weight is 260 g/mol. The van der Waals surface area contributed by atoms with Gasteiger partial charge in [-0.1, -0.05) is 6.92 Å². The first kappa shape index (κ1) is 12.8. The van der Waals surface area contributed by atoms with Crippen molar-refractivity contribution in [1.82, 2.24) is 9.62 Å². The van der Waals surface area contributed by atoms with Crippen molar-refractivity contribution in [3.8, 4) is 0 Å². The largest absolute Gasteiger partial charge is 0.341 e. The zero-order valence-electron chi connectivity index (χ0n) is 10.3. The molecule has 1 amide bonds. The molecule has 1 heterocycles. The summed E-state index contributed by atoms with van der Waals surface area (Å²) in [7, 11) is -3.18. The fourth-order valence-electron chi connectivity index (χ4n) is 2.48. The van der Waals surface area contributed by atoms with Crippen molar-refractivity contribution in [3.63, 3.8) is 0 Å². The SMILES string of the molecule is C[C@@H]1C[C@H]1C(=O)N1CCC[C@H](NS(C)(=O)=O)C1. The highest BCUT2D eigenvalue weighted by molar-refractivity contribution is 7.88.